The summed E-state index contributed by atoms with van der Waals surface area (Å²) in [5, 5.41) is 11.1. The van der Waals surface area contributed by atoms with Crippen LogP contribution in [0, 0.1) is 0 Å². The number of rotatable bonds is 6. The predicted octanol–water partition coefficient (Wildman–Crippen LogP) is 6.27. The van der Waals surface area contributed by atoms with E-state index in [0.29, 0.717) is 23.4 Å². The van der Waals surface area contributed by atoms with E-state index >= 15 is 0 Å². The lowest BCUT2D eigenvalue weighted by atomic mass is 9.90. The van der Waals surface area contributed by atoms with E-state index in [9.17, 15) is 18.0 Å². The summed E-state index contributed by atoms with van der Waals surface area (Å²) < 4.78 is 47.0. The Hall–Kier alpha value is -3.33. The van der Waals surface area contributed by atoms with Crippen LogP contribution in [0.15, 0.2) is 60.8 Å². The van der Waals surface area contributed by atoms with Gasteiger partial charge in [-0.15, -0.1) is 0 Å². The van der Waals surface area contributed by atoms with Gasteiger partial charge in [0.25, 0.3) is 0 Å². The highest BCUT2D eigenvalue weighted by Gasteiger charge is 2.41. The highest BCUT2D eigenvalue weighted by molar-refractivity contribution is 5.95. The Morgan fingerprint density at radius 1 is 1.11 bits per heavy atom. The third kappa shape index (κ3) is 6.33. The molecule has 1 aromatic heterocycles. The van der Waals surface area contributed by atoms with Crippen molar-refractivity contribution in [2.24, 2.45) is 0 Å². The average Bonchev–Trinajstić information content (AvgIpc) is 3.46. The molecule has 1 amide bonds. The molecule has 1 aliphatic heterocycles. The topological polar surface area (TPSA) is 68.2 Å². The van der Waals surface area contributed by atoms with Gasteiger partial charge < -0.3 is 10.1 Å². The van der Waals surface area contributed by atoms with Crippen molar-refractivity contribution < 1.29 is 22.7 Å². The van der Waals surface area contributed by atoms with Gasteiger partial charge >= 0.3 is 6.18 Å². The molecular weight excluding hydrogens is 481 g/mol. The first-order valence-electron chi connectivity index (χ1n) is 12.4. The number of hydrogen-bond donors (Lipinski definition) is 2. The second-order valence-electron chi connectivity index (χ2n) is 10.7. The molecule has 1 aliphatic rings. The van der Waals surface area contributed by atoms with Gasteiger partial charge in [0.1, 0.15) is 5.75 Å². The standard InChI is InChI=1S/C28H33F3N4O2/c1-17(2)37-21-8-6-7-20(15-21)32-26(36)24-16-22(23-13-14-35(34-23)27(3,4)5)25(33-24)18-9-11-19(12-10-18)28(29,30)31/h6-15,17,22,24-25,33H,16H2,1-5H3,(H,32,36)/t22-,24-,25-/m0/s1. The van der Waals surface area contributed by atoms with Crippen molar-refractivity contribution in [1.82, 2.24) is 15.1 Å². The minimum absolute atomic E-state index is 0.000561. The Morgan fingerprint density at radius 3 is 2.41 bits per heavy atom. The van der Waals surface area contributed by atoms with Crippen LogP contribution in [0.2, 0.25) is 0 Å². The molecule has 6 nitrogen and oxygen atoms in total. The normalized spacial score (nSPS) is 20.3. The number of alkyl halides is 3. The average molecular weight is 515 g/mol. The molecule has 2 N–H and O–H groups in total. The number of benzene rings is 2. The fourth-order valence-electron chi connectivity index (χ4n) is 4.53. The Balaban J connectivity index is 1.59. The van der Waals surface area contributed by atoms with E-state index in [1.54, 1.807) is 12.1 Å². The van der Waals surface area contributed by atoms with Crippen LogP contribution in [-0.4, -0.2) is 27.8 Å². The highest BCUT2D eigenvalue weighted by Crippen LogP contribution is 2.41. The van der Waals surface area contributed by atoms with Crippen molar-refractivity contribution in [2.45, 2.75) is 76.9 Å². The Morgan fingerprint density at radius 2 is 1.81 bits per heavy atom. The van der Waals surface area contributed by atoms with Gasteiger partial charge in [0.15, 0.2) is 0 Å². The van der Waals surface area contributed by atoms with E-state index in [2.05, 4.69) is 10.6 Å². The number of carbonyl (C=O) groups is 1. The molecule has 0 saturated carbocycles. The molecule has 37 heavy (non-hydrogen) atoms. The number of nitrogens with one attached hydrogen (secondary N) is 2. The molecule has 4 rings (SSSR count). The molecule has 1 fully saturated rings. The van der Waals surface area contributed by atoms with E-state index in [1.165, 1.54) is 12.1 Å². The van der Waals surface area contributed by atoms with Crippen molar-refractivity contribution in [2.75, 3.05) is 5.32 Å². The van der Waals surface area contributed by atoms with Crippen LogP contribution in [0.25, 0.3) is 0 Å². The van der Waals surface area contributed by atoms with Gasteiger partial charge in [-0.05, 0) is 76.9 Å². The minimum atomic E-state index is -4.41. The molecule has 1 saturated heterocycles. The largest absolute Gasteiger partial charge is 0.491 e. The fraction of sp³-hybridized carbons (Fsp3) is 0.429. The zero-order valence-electron chi connectivity index (χ0n) is 21.6. The summed E-state index contributed by atoms with van der Waals surface area (Å²) in [6.45, 7) is 9.97. The molecule has 0 radical (unpaired) electrons. The predicted molar refractivity (Wildman–Crippen MR) is 137 cm³/mol. The van der Waals surface area contributed by atoms with Crippen molar-refractivity contribution >= 4 is 11.6 Å². The Bertz CT molecular complexity index is 1230. The second-order valence-corrected chi connectivity index (χ2v) is 10.7. The molecule has 3 atom stereocenters. The first-order valence-corrected chi connectivity index (χ1v) is 12.4. The number of carbonyl (C=O) groups excluding carboxylic acids is 1. The highest BCUT2D eigenvalue weighted by atomic mass is 19.4. The first-order chi connectivity index (χ1) is 17.3. The van der Waals surface area contributed by atoms with Crippen LogP contribution in [0.1, 0.15) is 69.8 Å². The number of amides is 1. The summed E-state index contributed by atoms with van der Waals surface area (Å²) >= 11 is 0. The van der Waals surface area contributed by atoms with Gasteiger partial charge in [-0.25, -0.2) is 0 Å². The van der Waals surface area contributed by atoms with E-state index in [0.717, 1.165) is 17.8 Å². The summed E-state index contributed by atoms with van der Waals surface area (Å²) in [6, 6.07) is 13.3. The Labute approximate surface area is 215 Å². The number of aromatic nitrogens is 2. The van der Waals surface area contributed by atoms with Gasteiger partial charge in [0.05, 0.1) is 28.9 Å². The monoisotopic (exact) mass is 514 g/mol. The fourth-order valence-corrected chi connectivity index (χ4v) is 4.53. The summed E-state index contributed by atoms with van der Waals surface area (Å²) in [7, 11) is 0. The van der Waals surface area contributed by atoms with Gasteiger partial charge in [0.2, 0.25) is 5.91 Å². The Kier molecular flexibility index (Phi) is 7.37. The van der Waals surface area contributed by atoms with E-state index in [1.807, 2.05) is 63.7 Å². The molecule has 198 valence electrons. The maximum atomic E-state index is 13.3. The van der Waals surface area contributed by atoms with Gasteiger partial charge in [0, 0.05) is 29.9 Å². The van der Waals surface area contributed by atoms with E-state index < -0.39 is 17.8 Å². The number of ether oxygens (including phenoxy) is 1. The smallest absolute Gasteiger partial charge is 0.416 e. The molecule has 2 aromatic carbocycles. The van der Waals surface area contributed by atoms with E-state index in [4.69, 9.17) is 9.84 Å². The summed E-state index contributed by atoms with van der Waals surface area (Å²) in [4.78, 5) is 13.3. The lowest BCUT2D eigenvalue weighted by Gasteiger charge is -2.21. The van der Waals surface area contributed by atoms with Crippen molar-refractivity contribution in [3.63, 3.8) is 0 Å². The maximum Gasteiger partial charge on any atom is 0.416 e. The maximum absolute atomic E-state index is 13.3. The molecule has 0 bridgehead atoms. The van der Waals surface area contributed by atoms with Crippen molar-refractivity contribution in [1.29, 1.82) is 0 Å². The van der Waals surface area contributed by atoms with Crippen molar-refractivity contribution in [3.8, 4) is 5.75 Å². The van der Waals surface area contributed by atoms with Crippen LogP contribution < -0.4 is 15.4 Å². The zero-order chi connectivity index (χ0) is 27.0. The molecule has 3 aromatic rings. The van der Waals surface area contributed by atoms with Crippen molar-refractivity contribution in [3.05, 3.63) is 77.6 Å². The summed E-state index contributed by atoms with van der Waals surface area (Å²) in [5.41, 5.74) is 1.13. The molecule has 2 heterocycles. The molecule has 9 heteroatoms. The van der Waals surface area contributed by atoms with Crippen LogP contribution in [0.5, 0.6) is 5.75 Å². The third-order valence-corrected chi connectivity index (χ3v) is 6.34. The first kappa shape index (κ1) is 26.7. The zero-order valence-corrected chi connectivity index (χ0v) is 21.6. The van der Waals surface area contributed by atoms with E-state index in [-0.39, 0.29) is 29.5 Å². The van der Waals surface area contributed by atoms with Crippen LogP contribution in [-0.2, 0) is 16.5 Å². The van der Waals surface area contributed by atoms with Crippen LogP contribution >= 0.6 is 0 Å². The summed E-state index contributed by atoms with van der Waals surface area (Å²) in [5.74, 6) is 0.225. The molecular formula is C28H33F3N4O2. The van der Waals surface area contributed by atoms with Crippen LogP contribution in [0.3, 0.4) is 0 Å². The van der Waals surface area contributed by atoms with Gasteiger partial charge in [-0.2, -0.15) is 18.3 Å². The van der Waals surface area contributed by atoms with Crippen LogP contribution in [0.4, 0.5) is 18.9 Å². The minimum Gasteiger partial charge on any atom is -0.491 e. The van der Waals surface area contributed by atoms with Gasteiger partial charge in [-0.3, -0.25) is 14.8 Å². The lowest BCUT2D eigenvalue weighted by Crippen LogP contribution is -2.36. The summed E-state index contributed by atoms with van der Waals surface area (Å²) in [6.07, 6.45) is -2.07. The lowest BCUT2D eigenvalue weighted by molar-refractivity contribution is -0.137. The molecule has 0 aliphatic carbocycles. The third-order valence-electron chi connectivity index (χ3n) is 6.34. The quantitative estimate of drug-likeness (QED) is 0.407. The SMILES string of the molecule is CC(C)Oc1cccc(NC(=O)[C@@H]2C[C@@H](c3ccn(C(C)(C)C)n3)[C@H](c3ccc(C(F)(F)F)cc3)N2)c1. The van der Waals surface area contributed by atoms with Gasteiger partial charge in [-0.1, -0.05) is 18.2 Å². The number of nitrogens with zero attached hydrogens (tertiary/aromatic N) is 2. The number of anilines is 1. The second kappa shape index (κ2) is 10.2. The molecule has 0 unspecified atom stereocenters. The molecule has 0 spiro atoms. The number of hydrogen-bond acceptors (Lipinski definition) is 4. The number of halogens is 3.